The zero-order chi connectivity index (χ0) is 18.2. The van der Waals surface area contributed by atoms with Gasteiger partial charge in [0.2, 0.25) is 0 Å². The molecule has 138 valence electrons. The van der Waals surface area contributed by atoms with Crippen LogP contribution >= 0.6 is 23.2 Å². The lowest BCUT2D eigenvalue weighted by Gasteiger charge is -2.22. The summed E-state index contributed by atoms with van der Waals surface area (Å²) in [5.74, 6) is 0.0617. The molecule has 0 amide bonds. The molecule has 0 bridgehead atoms. The van der Waals surface area contributed by atoms with Gasteiger partial charge in [-0.1, -0.05) is 23.8 Å². The van der Waals surface area contributed by atoms with Crippen molar-refractivity contribution >= 4 is 29.2 Å². The molecule has 1 aliphatic carbocycles. The number of aliphatic hydroxyl groups is 1. The number of carboxylic acids is 1. The van der Waals surface area contributed by atoms with Crippen molar-refractivity contribution in [1.82, 2.24) is 0 Å². The third kappa shape index (κ3) is 6.53. The molecule has 1 saturated carbocycles. The predicted molar refractivity (Wildman–Crippen MR) is 99.4 cm³/mol. The Labute approximate surface area is 158 Å². The van der Waals surface area contributed by atoms with E-state index in [1.165, 1.54) is 0 Å². The van der Waals surface area contributed by atoms with E-state index in [1.807, 2.05) is 12.2 Å². The van der Waals surface area contributed by atoms with Gasteiger partial charge in [-0.05, 0) is 55.9 Å². The van der Waals surface area contributed by atoms with E-state index in [0.29, 0.717) is 24.5 Å². The SMILES string of the molecule is O=C(O)CCCC=CC[C@@H]1[C@@H](COc2ccc(Cl)cc2)[C@H](O)C[C@H]1Cl. The van der Waals surface area contributed by atoms with Gasteiger partial charge < -0.3 is 14.9 Å². The first-order valence-electron chi connectivity index (χ1n) is 8.54. The second-order valence-corrected chi connectivity index (χ2v) is 7.40. The van der Waals surface area contributed by atoms with Crippen LogP contribution in [0, 0.1) is 11.8 Å². The molecule has 1 aromatic carbocycles. The summed E-state index contributed by atoms with van der Waals surface area (Å²) in [6.07, 6.45) is 6.43. The van der Waals surface area contributed by atoms with Crippen molar-refractivity contribution in [3.63, 3.8) is 0 Å². The number of benzene rings is 1. The summed E-state index contributed by atoms with van der Waals surface area (Å²) in [5, 5.41) is 19.5. The molecule has 4 atom stereocenters. The van der Waals surface area contributed by atoms with Crippen LogP contribution in [0.4, 0.5) is 0 Å². The Bertz CT molecular complexity index is 573. The molecule has 0 aromatic heterocycles. The second-order valence-electron chi connectivity index (χ2n) is 6.40. The fourth-order valence-corrected chi connectivity index (χ4v) is 3.75. The average Bonchev–Trinajstić information content (AvgIpc) is 2.83. The molecule has 1 aromatic rings. The molecule has 0 aliphatic heterocycles. The lowest BCUT2D eigenvalue weighted by atomic mass is 9.92. The largest absolute Gasteiger partial charge is 0.493 e. The van der Waals surface area contributed by atoms with Gasteiger partial charge in [-0.15, -0.1) is 11.6 Å². The fourth-order valence-electron chi connectivity index (χ4n) is 3.16. The second kappa shape index (κ2) is 10.0. The van der Waals surface area contributed by atoms with Crippen molar-refractivity contribution in [3.8, 4) is 5.75 Å². The zero-order valence-electron chi connectivity index (χ0n) is 14.0. The normalized spacial score (nSPS) is 26.2. The van der Waals surface area contributed by atoms with Crippen LogP contribution in [0.5, 0.6) is 5.75 Å². The fraction of sp³-hybridized carbons (Fsp3) is 0.526. The average molecular weight is 387 g/mol. The Morgan fingerprint density at radius 2 is 1.96 bits per heavy atom. The summed E-state index contributed by atoms with van der Waals surface area (Å²) in [6, 6.07) is 7.14. The molecule has 2 N–H and O–H groups in total. The Morgan fingerprint density at radius 3 is 2.64 bits per heavy atom. The molecule has 25 heavy (non-hydrogen) atoms. The van der Waals surface area contributed by atoms with Crippen molar-refractivity contribution in [1.29, 1.82) is 0 Å². The van der Waals surface area contributed by atoms with Crippen LogP contribution in [-0.4, -0.2) is 34.3 Å². The van der Waals surface area contributed by atoms with E-state index in [-0.39, 0.29) is 23.6 Å². The van der Waals surface area contributed by atoms with Crippen LogP contribution in [0.25, 0.3) is 0 Å². The summed E-state index contributed by atoms with van der Waals surface area (Å²) in [4.78, 5) is 10.5. The Morgan fingerprint density at radius 1 is 1.24 bits per heavy atom. The number of ether oxygens (including phenoxy) is 1. The molecule has 6 heteroatoms. The number of rotatable bonds is 9. The van der Waals surface area contributed by atoms with Crippen molar-refractivity contribution in [3.05, 3.63) is 41.4 Å². The third-order valence-corrected chi connectivity index (χ3v) is 5.32. The standard InChI is InChI=1S/C19H24Cl2O4/c20-13-7-9-14(10-8-13)25-12-16-15(17(21)11-18(16)22)5-3-1-2-4-6-19(23)24/h1,3,7-10,15-18,22H,2,4-6,11-12H2,(H,23,24)/t15-,16-,17-,18-/m1/s1. The highest BCUT2D eigenvalue weighted by Crippen LogP contribution is 2.39. The zero-order valence-corrected chi connectivity index (χ0v) is 15.5. The summed E-state index contributed by atoms with van der Waals surface area (Å²) >= 11 is 12.3. The highest BCUT2D eigenvalue weighted by atomic mass is 35.5. The van der Waals surface area contributed by atoms with Crippen LogP contribution in [-0.2, 0) is 4.79 Å². The number of halogens is 2. The van der Waals surface area contributed by atoms with Crippen molar-refractivity contribution in [2.75, 3.05) is 6.61 Å². The first-order valence-corrected chi connectivity index (χ1v) is 9.36. The number of aliphatic carboxylic acids is 1. The van der Waals surface area contributed by atoms with E-state index in [2.05, 4.69) is 0 Å². The Kier molecular flexibility index (Phi) is 8.07. The molecule has 0 heterocycles. The van der Waals surface area contributed by atoms with E-state index in [9.17, 15) is 9.90 Å². The van der Waals surface area contributed by atoms with E-state index in [0.717, 1.165) is 18.6 Å². The molecule has 1 aliphatic rings. The number of carboxylic acid groups (broad SMARTS) is 1. The molecule has 1 fully saturated rings. The lowest BCUT2D eigenvalue weighted by Crippen LogP contribution is -2.27. The Balaban J connectivity index is 1.83. The van der Waals surface area contributed by atoms with Crippen LogP contribution in [0.2, 0.25) is 5.02 Å². The summed E-state index contributed by atoms with van der Waals surface area (Å²) in [7, 11) is 0. The number of allylic oxidation sites excluding steroid dienone is 2. The van der Waals surface area contributed by atoms with Crippen molar-refractivity contribution in [2.45, 2.75) is 43.6 Å². The number of hydrogen-bond acceptors (Lipinski definition) is 3. The van der Waals surface area contributed by atoms with Gasteiger partial charge in [0.25, 0.3) is 0 Å². The number of carbonyl (C=O) groups is 1. The third-order valence-electron chi connectivity index (χ3n) is 4.57. The predicted octanol–water partition coefficient (Wildman–Crippen LogP) is 4.52. The van der Waals surface area contributed by atoms with Crippen molar-refractivity contribution in [2.24, 2.45) is 11.8 Å². The molecule has 0 spiro atoms. The molecular formula is C19H24Cl2O4. The van der Waals surface area contributed by atoms with E-state index < -0.39 is 12.1 Å². The highest BCUT2D eigenvalue weighted by molar-refractivity contribution is 6.30. The topological polar surface area (TPSA) is 66.8 Å². The van der Waals surface area contributed by atoms with Crippen molar-refractivity contribution < 1.29 is 19.7 Å². The van der Waals surface area contributed by atoms with Gasteiger partial charge in [-0.2, -0.15) is 0 Å². The monoisotopic (exact) mass is 386 g/mol. The highest BCUT2D eigenvalue weighted by Gasteiger charge is 2.41. The van der Waals surface area contributed by atoms with Crippen LogP contribution in [0.15, 0.2) is 36.4 Å². The van der Waals surface area contributed by atoms with E-state index in [4.69, 9.17) is 33.0 Å². The molecule has 2 rings (SSSR count). The minimum absolute atomic E-state index is 0.0261. The summed E-state index contributed by atoms with van der Waals surface area (Å²) < 4.78 is 5.80. The summed E-state index contributed by atoms with van der Waals surface area (Å²) in [6.45, 7) is 0.406. The van der Waals surface area contributed by atoms with Gasteiger partial charge in [0, 0.05) is 22.7 Å². The smallest absolute Gasteiger partial charge is 0.303 e. The van der Waals surface area contributed by atoms with Gasteiger partial charge in [0.15, 0.2) is 0 Å². The minimum atomic E-state index is -0.771. The van der Waals surface area contributed by atoms with Gasteiger partial charge in [-0.25, -0.2) is 0 Å². The van der Waals surface area contributed by atoms with Gasteiger partial charge in [0.1, 0.15) is 5.75 Å². The van der Waals surface area contributed by atoms with E-state index >= 15 is 0 Å². The number of unbranched alkanes of at least 4 members (excludes halogenated alkanes) is 1. The van der Waals surface area contributed by atoms with E-state index in [1.54, 1.807) is 24.3 Å². The minimum Gasteiger partial charge on any atom is -0.493 e. The molecule has 0 saturated heterocycles. The first-order chi connectivity index (χ1) is 12.0. The van der Waals surface area contributed by atoms with Gasteiger partial charge >= 0.3 is 5.97 Å². The first kappa shape index (κ1) is 20.1. The Hall–Kier alpha value is -1.23. The lowest BCUT2D eigenvalue weighted by molar-refractivity contribution is -0.137. The summed E-state index contributed by atoms with van der Waals surface area (Å²) in [5.41, 5.74) is 0. The van der Waals surface area contributed by atoms with Gasteiger partial charge in [0.05, 0.1) is 12.7 Å². The quantitative estimate of drug-likeness (QED) is 0.371. The van der Waals surface area contributed by atoms with Crippen LogP contribution in [0.1, 0.15) is 32.1 Å². The maximum absolute atomic E-state index is 10.5. The number of aliphatic hydroxyl groups excluding tert-OH is 1. The molecule has 4 nitrogen and oxygen atoms in total. The van der Waals surface area contributed by atoms with Crippen LogP contribution in [0.3, 0.4) is 0 Å². The molecular weight excluding hydrogens is 363 g/mol. The maximum Gasteiger partial charge on any atom is 0.303 e. The van der Waals surface area contributed by atoms with Crippen LogP contribution < -0.4 is 4.74 Å². The molecule has 0 radical (unpaired) electrons. The number of hydrogen-bond donors (Lipinski definition) is 2. The van der Waals surface area contributed by atoms with Gasteiger partial charge in [-0.3, -0.25) is 4.79 Å². The maximum atomic E-state index is 10.5. The molecule has 0 unspecified atom stereocenters. The number of alkyl halides is 1.